The van der Waals surface area contributed by atoms with Crippen molar-refractivity contribution < 1.29 is 33.5 Å². The van der Waals surface area contributed by atoms with Gasteiger partial charge in [0.1, 0.15) is 11.3 Å². The standard InChI is InChI=1S/C16H24N2O3.H3O4P/c1-20-15-12-13(17)6-7-14(15)16(19)21-11-5-10-18-8-3-2-4-9-18;1-5(2,3)4/h6-7,12H,2-5,8-11,17H2,1H3;(H3,1,2,3,4). The number of methoxy groups -OCH3 is 1. The summed E-state index contributed by atoms with van der Waals surface area (Å²) in [5, 5.41) is 0. The fraction of sp³-hybridized carbons (Fsp3) is 0.562. The van der Waals surface area contributed by atoms with Crippen LogP contribution in [-0.2, 0) is 9.30 Å². The molecule has 0 atom stereocenters. The topological polar surface area (TPSA) is 143 Å². The zero-order valence-electron chi connectivity index (χ0n) is 14.8. The molecule has 1 aromatic carbocycles. The number of nitrogen functional groups attached to an aromatic ring is 1. The number of hydrogen-bond donors (Lipinski definition) is 4. The Balaban J connectivity index is 0.000000597. The van der Waals surface area contributed by atoms with Gasteiger partial charge in [-0.1, -0.05) is 6.42 Å². The number of phosphoric acid groups is 1. The van der Waals surface area contributed by atoms with E-state index in [9.17, 15) is 4.79 Å². The quantitative estimate of drug-likeness (QED) is 0.245. The number of piperidine rings is 1. The van der Waals surface area contributed by atoms with E-state index in [2.05, 4.69) is 4.90 Å². The van der Waals surface area contributed by atoms with E-state index in [0.29, 0.717) is 23.6 Å². The summed E-state index contributed by atoms with van der Waals surface area (Å²) >= 11 is 0. The summed E-state index contributed by atoms with van der Waals surface area (Å²) in [6.07, 6.45) is 4.76. The van der Waals surface area contributed by atoms with Gasteiger partial charge in [0.2, 0.25) is 0 Å². The van der Waals surface area contributed by atoms with Crippen LogP contribution < -0.4 is 10.5 Å². The van der Waals surface area contributed by atoms with E-state index in [1.807, 2.05) is 0 Å². The molecule has 10 heteroatoms. The Morgan fingerprint density at radius 1 is 1.23 bits per heavy atom. The van der Waals surface area contributed by atoms with Crippen molar-refractivity contribution in [1.82, 2.24) is 4.90 Å². The first-order valence-corrected chi connectivity index (χ1v) is 9.88. The molecule has 1 aliphatic heterocycles. The van der Waals surface area contributed by atoms with Crippen molar-refractivity contribution in [1.29, 1.82) is 0 Å². The van der Waals surface area contributed by atoms with Crippen LogP contribution in [0.2, 0.25) is 0 Å². The van der Waals surface area contributed by atoms with Crippen molar-refractivity contribution >= 4 is 19.5 Å². The van der Waals surface area contributed by atoms with E-state index in [1.165, 1.54) is 39.5 Å². The van der Waals surface area contributed by atoms with Crippen LogP contribution in [0.3, 0.4) is 0 Å². The van der Waals surface area contributed by atoms with Gasteiger partial charge in [-0.05, 0) is 44.5 Å². The van der Waals surface area contributed by atoms with Gasteiger partial charge in [0.05, 0.1) is 13.7 Å². The molecule has 0 aromatic heterocycles. The van der Waals surface area contributed by atoms with Crippen molar-refractivity contribution in [2.45, 2.75) is 25.7 Å². The number of carbonyl (C=O) groups is 1. The molecule has 1 heterocycles. The first-order chi connectivity index (χ1) is 12.2. The van der Waals surface area contributed by atoms with Gasteiger partial charge in [-0.2, -0.15) is 0 Å². The van der Waals surface area contributed by atoms with Crippen molar-refractivity contribution in [3.63, 3.8) is 0 Å². The van der Waals surface area contributed by atoms with Gasteiger partial charge in [-0.15, -0.1) is 0 Å². The van der Waals surface area contributed by atoms with Crippen LogP contribution in [0.15, 0.2) is 18.2 Å². The van der Waals surface area contributed by atoms with E-state index in [1.54, 1.807) is 18.2 Å². The minimum absolute atomic E-state index is 0.356. The van der Waals surface area contributed by atoms with E-state index in [0.717, 1.165) is 13.0 Å². The van der Waals surface area contributed by atoms with Gasteiger partial charge in [0.25, 0.3) is 0 Å². The predicted molar refractivity (Wildman–Crippen MR) is 96.9 cm³/mol. The first kappa shape index (κ1) is 22.4. The molecule has 0 aliphatic carbocycles. The molecule has 26 heavy (non-hydrogen) atoms. The molecule has 5 N–H and O–H groups in total. The summed E-state index contributed by atoms with van der Waals surface area (Å²) in [6.45, 7) is 3.76. The predicted octanol–water partition coefficient (Wildman–Crippen LogP) is 1.38. The average Bonchev–Trinajstić information content (AvgIpc) is 2.58. The molecule has 0 amide bonds. The monoisotopic (exact) mass is 390 g/mol. The molecule has 0 unspecified atom stereocenters. The van der Waals surface area contributed by atoms with Crippen LogP contribution in [0.1, 0.15) is 36.0 Å². The zero-order chi connectivity index (χ0) is 19.6. The van der Waals surface area contributed by atoms with Crippen LogP contribution in [0, 0.1) is 0 Å². The summed E-state index contributed by atoms with van der Waals surface area (Å²) in [6, 6.07) is 4.94. The minimum atomic E-state index is -4.64. The SMILES string of the molecule is COc1cc(N)ccc1C(=O)OCCCN1CCCCC1.O=P(O)(O)O. The Bertz CT molecular complexity index is 606. The third-order valence-corrected chi connectivity index (χ3v) is 3.75. The third kappa shape index (κ3) is 9.74. The molecule has 0 radical (unpaired) electrons. The molecule has 2 rings (SSSR count). The number of hydrogen-bond acceptors (Lipinski definition) is 6. The molecule has 1 saturated heterocycles. The molecule has 0 saturated carbocycles. The Morgan fingerprint density at radius 3 is 2.42 bits per heavy atom. The summed E-state index contributed by atoms with van der Waals surface area (Å²) in [4.78, 5) is 36.0. The second-order valence-corrected chi connectivity index (χ2v) is 6.89. The van der Waals surface area contributed by atoms with E-state index in [-0.39, 0.29) is 5.97 Å². The fourth-order valence-electron chi connectivity index (χ4n) is 2.59. The van der Waals surface area contributed by atoms with E-state index < -0.39 is 7.82 Å². The Kier molecular flexibility index (Phi) is 9.61. The molecular formula is C16H27N2O7P. The van der Waals surface area contributed by atoms with Crippen LogP contribution in [0.25, 0.3) is 0 Å². The van der Waals surface area contributed by atoms with E-state index >= 15 is 0 Å². The maximum Gasteiger partial charge on any atom is 0.466 e. The summed E-state index contributed by atoms with van der Waals surface area (Å²) in [5.41, 5.74) is 6.65. The Labute approximate surface area is 153 Å². The molecule has 0 bridgehead atoms. The fourth-order valence-corrected chi connectivity index (χ4v) is 2.59. The Hall–Kier alpha value is -1.64. The van der Waals surface area contributed by atoms with Gasteiger partial charge in [-0.25, -0.2) is 9.36 Å². The largest absolute Gasteiger partial charge is 0.496 e. The van der Waals surface area contributed by atoms with Crippen molar-refractivity contribution in [3.8, 4) is 5.75 Å². The van der Waals surface area contributed by atoms with Gasteiger partial charge >= 0.3 is 13.8 Å². The van der Waals surface area contributed by atoms with Crippen LogP contribution >= 0.6 is 7.82 Å². The highest BCUT2D eigenvalue weighted by molar-refractivity contribution is 7.45. The van der Waals surface area contributed by atoms with Crippen LogP contribution in [0.5, 0.6) is 5.75 Å². The maximum atomic E-state index is 12.0. The number of benzene rings is 1. The summed E-state index contributed by atoms with van der Waals surface area (Å²) in [7, 11) is -3.12. The number of ether oxygens (including phenoxy) is 2. The molecule has 9 nitrogen and oxygen atoms in total. The smallest absolute Gasteiger partial charge is 0.466 e. The highest BCUT2D eigenvalue weighted by Gasteiger charge is 2.14. The molecule has 148 valence electrons. The number of nitrogens with zero attached hydrogens (tertiary/aromatic N) is 1. The number of esters is 1. The van der Waals surface area contributed by atoms with Gasteiger partial charge in [0.15, 0.2) is 0 Å². The van der Waals surface area contributed by atoms with Crippen molar-refractivity contribution in [3.05, 3.63) is 23.8 Å². The zero-order valence-corrected chi connectivity index (χ0v) is 15.7. The Morgan fingerprint density at radius 2 is 1.85 bits per heavy atom. The van der Waals surface area contributed by atoms with Crippen LogP contribution in [-0.4, -0.2) is 58.9 Å². The summed E-state index contributed by atoms with van der Waals surface area (Å²) in [5.74, 6) is 0.0986. The van der Waals surface area contributed by atoms with E-state index in [4.69, 9.17) is 34.5 Å². The lowest BCUT2D eigenvalue weighted by Gasteiger charge is -2.26. The van der Waals surface area contributed by atoms with Crippen LogP contribution in [0.4, 0.5) is 5.69 Å². The second-order valence-electron chi connectivity index (χ2n) is 5.86. The third-order valence-electron chi connectivity index (χ3n) is 3.75. The molecular weight excluding hydrogens is 363 g/mol. The highest BCUT2D eigenvalue weighted by atomic mass is 31.2. The normalized spacial score (nSPS) is 14.9. The minimum Gasteiger partial charge on any atom is -0.496 e. The molecule has 1 aliphatic rings. The van der Waals surface area contributed by atoms with Gasteiger partial charge < -0.3 is 34.8 Å². The number of likely N-dealkylation sites (tertiary alicyclic amines) is 1. The lowest BCUT2D eigenvalue weighted by molar-refractivity contribution is 0.0482. The first-order valence-electron chi connectivity index (χ1n) is 8.32. The molecule has 1 aromatic rings. The van der Waals surface area contributed by atoms with Crippen molar-refractivity contribution in [2.75, 3.05) is 39.1 Å². The number of carbonyl (C=O) groups excluding carboxylic acids is 1. The summed E-state index contributed by atoms with van der Waals surface area (Å²) < 4.78 is 19.4. The number of anilines is 1. The van der Waals surface area contributed by atoms with Gasteiger partial charge in [-0.3, -0.25) is 0 Å². The highest BCUT2D eigenvalue weighted by Crippen LogP contribution is 2.25. The lowest BCUT2D eigenvalue weighted by Crippen LogP contribution is -2.31. The second kappa shape index (κ2) is 11.2. The number of rotatable bonds is 6. The number of nitrogens with two attached hydrogens (primary N) is 1. The molecule has 0 spiro atoms. The maximum absolute atomic E-state index is 12.0. The average molecular weight is 390 g/mol. The van der Waals surface area contributed by atoms with Gasteiger partial charge in [0, 0.05) is 18.3 Å². The van der Waals surface area contributed by atoms with Crippen molar-refractivity contribution in [2.24, 2.45) is 0 Å². The molecule has 1 fully saturated rings. The lowest BCUT2D eigenvalue weighted by atomic mass is 10.1.